The number of nitrogens with zero attached hydrogens (tertiary/aromatic N) is 1. The van der Waals surface area contributed by atoms with Crippen LogP contribution in [0.25, 0.3) is 0 Å². The summed E-state index contributed by atoms with van der Waals surface area (Å²) >= 11 is 0. The van der Waals surface area contributed by atoms with Crippen molar-refractivity contribution in [2.75, 3.05) is 13.1 Å². The maximum atomic E-state index is 12.5. The highest BCUT2D eigenvalue weighted by molar-refractivity contribution is 7.89. The molecule has 1 saturated heterocycles. The highest BCUT2D eigenvalue weighted by atomic mass is 32.2. The molecule has 0 amide bonds. The molecule has 0 aromatic heterocycles. The van der Waals surface area contributed by atoms with Gasteiger partial charge < -0.3 is 0 Å². The van der Waals surface area contributed by atoms with Crippen molar-refractivity contribution in [2.45, 2.75) is 38.0 Å². The van der Waals surface area contributed by atoms with E-state index >= 15 is 0 Å². The molecule has 4 heteroatoms. The molecule has 0 saturated carbocycles. The summed E-state index contributed by atoms with van der Waals surface area (Å²) in [5, 5.41) is 0. The van der Waals surface area contributed by atoms with Crippen LogP contribution in [0, 0.1) is 12.8 Å². The first-order chi connectivity index (χ1) is 8.54. The second kappa shape index (κ2) is 5.41. The number of benzene rings is 1. The number of aryl methyl sites for hydroxylation is 1. The van der Waals surface area contributed by atoms with Crippen LogP contribution in [-0.4, -0.2) is 25.8 Å². The van der Waals surface area contributed by atoms with Crippen molar-refractivity contribution in [3.05, 3.63) is 29.8 Å². The van der Waals surface area contributed by atoms with Crippen LogP contribution in [0.3, 0.4) is 0 Å². The van der Waals surface area contributed by atoms with Crippen LogP contribution in [0.15, 0.2) is 29.2 Å². The lowest BCUT2D eigenvalue weighted by Crippen LogP contribution is -2.39. The van der Waals surface area contributed by atoms with E-state index in [9.17, 15) is 8.42 Å². The molecule has 0 aliphatic carbocycles. The van der Waals surface area contributed by atoms with Gasteiger partial charge in [-0.15, -0.1) is 0 Å². The van der Waals surface area contributed by atoms with Gasteiger partial charge in [0.05, 0.1) is 4.90 Å². The zero-order chi connectivity index (χ0) is 13.2. The van der Waals surface area contributed by atoms with Gasteiger partial charge in [0, 0.05) is 13.1 Å². The Balaban J connectivity index is 2.22. The average Bonchev–Trinajstić information content (AvgIpc) is 2.39. The summed E-state index contributed by atoms with van der Waals surface area (Å²) in [5.74, 6) is 0.513. The number of sulfonamides is 1. The average molecular weight is 267 g/mol. The summed E-state index contributed by atoms with van der Waals surface area (Å²) in [7, 11) is -3.29. The first kappa shape index (κ1) is 13.6. The van der Waals surface area contributed by atoms with Gasteiger partial charge in [-0.25, -0.2) is 8.42 Å². The van der Waals surface area contributed by atoms with Crippen LogP contribution in [0.4, 0.5) is 0 Å². The molecule has 18 heavy (non-hydrogen) atoms. The topological polar surface area (TPSA) is 37.4 Å². The molecule has 0 unspecified atom stereocenters. The summed E-state index contributed by atoms with van der Waals surface area (Å²) in [4.78, 5) is 0.421. The molecule has 0 radical (unpaired) electrons. The Hall–Kier alpha value is -0.870. The third-order valence-electron chi connectivity index (χ3n) is 3.72. The lowest BCUT2D eigenvalue weighted by Gasteiger charge is -2.31. The highest BCUT2D eigenvalue weighted by Crippen LogP contribution is 2.25. The number of hydrogen-bond donors (Lipinski definition) is 0. The van der Waals surface area contributed by atoms with E-state index in [1.165, 1.54) is 0 Å². The van der Waals surface area contributed by atoms with Crippen LogP contribution in [0.2, 0.25) is 0 Å². The van der Waals surface area contributed by atoms with Gasteiger partial charge in [-0.3, -0.25) is 0 Å². The Morgan fingerprint density at radius 2 is 1.94 bits per heavy atom. The monoisotopic (exact) mass is 267 g/mol. The predicted octanol–water partition coefficient (Wildman–Crippen LogP) is 2.81. The van der Waals surface area contributed by atoms with E-state index in [0.29, 0.717) is 23.9 Å². The Morgan fingerprint density at radius 1 is 1.28 bits per heavy atom. The van der Waals surface area contributed by atoms with Gasteiger partial charge in [0.15, 0.2) is 0 Å². The molecular weight excluding hydrogens is 246 g/mol. The quantitative estimate of drug-likeness (QED) is 0.844. The molecule has 1 aromatic rings. The predicted molar refractivity (Wildman–Crippen MR) is 73.0 cm³/mol. The van der Waals surface area contributed by atoms with Crippen molar-refractivity contribution in [3.8, 4) is 0 Å². The van der Waals surface area contributed by atoms with E-state index in [1.807, 2.05) is 19.1 Å². The van der Waals surface area contributed by atoms with Gasteiger partial charge >= 0.3 is 0 Å². The van der Waals surface area contributed by atoms with E-state index in [0.717, 1.165) is 24.8 Å². The largest absolute Gasteiger partial charge is 0.243 e. The van der Waals surface area contributed by atoms with E-state index in [2.05, 4.69) is 6.92 Å². The zero-order valence-electron chi connectivity index (χ0n) is 11.1. The van der Waals surface area contributed by atoms with E-state index < -0.39 is 10.0 Å². The van der Waals surface area contributed by atoms with Gasteiger partial charge in [0.1, 0.15) is 0 Å². The second-order valence-electron chi connectivity index (χ2n) is 5.09. The Morgan fingerprint density at radius 3 is 2.56 bits per heavy atom. The van der Waals surface area contributed by atoms with Crippen LogP contribution in [-0.2, 0) is 10.0 Å². The van der Waals surface area contributed by atoms with Crippen molar-refractivity contribution in [3.63, 3.8) is 0 Å². The molecule has 1 aromatic carbocycles. The molecule has 2 rings (SSSR count). The molecule has 0 N–H and O–H groups in total. The highest BCUT2D eigenvalue weighted by Gasteiger charge is 2.29. The number of hydrogen-bond acceptors (Lipinski definition) is 2. The van der Waals surface area contributed by atoms with Gasteiger partial charge in [0.25, 0.3) is 0 Å². The van der Waals surface area contributed by atoms with Crippen molar-refractivity contribution < 1.29 is 8.42 Å². The number of piperidine rings is 1. The maximum absolute atomic E-state index is 12.5. The van der Waals surface area contributed by atoms with Crippen LogP contribution in [0.5, 0.6) is 0 Å². The molecule has 1 fully saturated rings. The van der Waals surface area contributed by atoms with Gasteiger partial charge in [-0.1, -0.05) is 31.0 Å². The lowest BCUT2D eigenvalue weighted by molar-refractivity contribution is 0.261. The molecule has 0 bridgehead atoms. The lowest BCUT2D eigenvalue weighted by atomic mass is 9.97. The third kappa shape index (κ3) is 2.75. The third-order valence-corrected chi connectivity index (χ3v) is 5.60. The molecule has 100 valence electrons. The second-order valence-corrected chi connectivity index (χ2v) is 7.03. The zero-order valence-corrected chi connectivity index (χ0v) is 11.9. The van der Waals surface area contributed by atoms with Gasteiger partial charge in [-0.05, 0) is 37.8 Å². The van der Waals surface area contributed by atoms with E-state index in [-0.39, 0.29) is 0 Å². The van der Waals surface area contributed by atoms with Crippen molar-refractivity contribution in [2.24, 2.45) is 5.92 Å². The minimum atomic E-state index is -3.29. The summed E-state index contributed by atoms with van der Waals surface area (Å²) in [6.45, 7) is 5.43. The Labute approximate surface area is 110 Å². The van der Waals surface area contributed by atoms with Crippen LogP contribution >= 0.6 is 0 Å². The number of rotatable bonds is 3. The van der Waals surface area contributed by atoms with Crippen molar-refractivity contribution in [1.29, 1.82) is 0 Å². The van der Waals surface area contributed by atoms with E-state index in [4.69, 9.17) is 0 Å². The summed E-state index contributed by atoms with van der Waals surface area (Å²) in [6, 6.07) is 7.13. The minimum Gasteiger partial charge on any atom is -0.207 e. The van der Waals surface area contributed by atoms with Crippen LogP contribution < -0.4 is 0 Å². The molecule has 0 spiro atoms. The molecule has 1 aliphatic rings. The minimum absolute atomic E-state index is 0.421. The Kier molecular flexibility index (Phi) is 4.07. The van der Waals surface area contributed by atoms with Crippen molar-refractivity contribution >= 4 is 10.0 Å². The van der Waals surface area contributed by atoms with Crippen LogP contribution in [0.1, 0.15) is 31.7 Å². The fourth-order valence-corrected chi connectivity index (χ4v) is 3.99. The van der Waals surface area contributed by atoms with E-state index in [1.54, 1.807) is 16.4 Å². The first-order valence-corrected chi connectivity index (χ1v) is 8.05. The normalized spacial score (nSPS) is 22.0. The molecular formula is C14H21NO2S. The summed E-state index contributed by atoms with van der Waals surface area (Å²) in [6.07, 6.45) is 3.18. The smallest absolute Gasteiger partial charge is 0.207 e. The molecule has 3 nitrogen and oxygen atoms in total. The SMILES string of the molecule is CC[C@H]1CCCN(S(=O)(=O)c2ccc(C)cc2)C1. The Bertz CT molecular complexity index is 493. The fraction of sp³-hybridized carbons (Fsp3) is 0.571. The van der Waals surface area contributed by atoms with Crippen molar-refractivity contribution in [1.82, 2.24) is 4.31 Å². The molecule has 1 aliphatic heterocycles. The summed E-state index contributed by atoms with van der Waals surface area (Å²) in [5.41, 5.74) is 1.08. The standard InChI is InChI=1S/C14H21NO2S/c1-3-13-5-4-10-15(11-13)18(16,17)14-8-6-12(2)7-9-14/h6-9,13H,3-5,10-11H2,1-2H3/t13-/m0/s1. The molecule has 1 heterocycles. The van der Waals surface area contributed by atoms with Gasteiger partial charge in [-0.2, -0.15) is 4.31 Å². The van der Waals surface area contributed by atoms with Gasteiger partial charge in [0.2, 0.25) is 10.0 Å². The fourth-order valence-electron chi connectivity index (χ4n) is 2.44. The summed E-state index contributed by atoms with van der Waals surface area (Å²) < 4.78 is 26.6. The maximum Gasteiger partial charge on any atom is 0.243 e. The first-order valence-electron chi connectivity index (χ1n) is 6.61. The molecule has 1 atom stereocenters.